The zero-order chi connectivity index (χ0) is 27.3. The topological polar surface area (TPSA) is 100 Å². The van der Waals surface area contributed by atoms with E-state index in [2.05, 4.69) is 15.5 Å². The molecule has 0 aromatic heterocycles. The molecule has 1 unspecified atom stereocenters. The van der Waals surface area contributed by atoms with Gasteiger partial charge in [-0.05, 0) is 64.3 Å². The second-order valence-corrected chi connectivity index (χ2v) is 14.1. The van der Waals surface area contributed by atoms with Gasteiger partial charge in [0.1, 0.15) is 6.10 Å². The van der Waals surface area contributed by atoms with Gasteiger partial charge in [0.25, 0.3) is 0 Å². The Morgan fingerprint density at radius 2 is 2.03 bits per heavy atom. The van der Waals surface area contributed by atoms with Crippen molar-refractivity contribution in [2.24, 2.45) is 5.92 Å². The van der Waals surface area contributed by atoms with E-state index in [1.54, 1.807) is 11.8 Å². The zero-order valence-corrected chi connectivity index (χ0v) is 24.6. The van der Waals surface area contributed by atoms with Crippen molar-refractivity contribution in [3.05, 3.63) is 30.3 Å². The highest BCUT2D eigenvalue weighted by Crippen LogP contribution is 2.40. The van der Waals surface area contributed by atoms with E-state index in [1.165, 1.54) is 0 Å². The van der Waals surface area contributed by atoms with Crippen molar-refractivity contribution in [2.45, 2.75) is 93.0 Å². The van der Waals surface area contributed by atoms with Crippen LogP contribution in [0.2, 0.25) is 0 Å². The first-order valence-electron chi connectivity index (χ1n) is 13.7. The van der Waals surface area contributed by atoms with Crippen LogP contribution in [0.3, 0.4) is 0 Å². The van der Waals surface area contributed by atoms with Crippen molar-refractivity contribution in [1.29, 1.82) is 0 Å². The quantitative estimate of drug-likeness (QED) is 0.391. The second-order valence-electron chi connectivity index (χ2n) is 11.7. The highest BCUT2D eigenvalue weighted by molar-refractivity contribution is 8.00. The summed E-state index contributed by atoms with van der Waals surface area (Å²) in [6, 6.07) is 9.08. The molecular formula is C28H43N3O5S2. The lowest BCUT2D eigenvalue weighted by atomic mass is 9.89. The highest BCUT2D eigenvalue weighted by atomic mass is 32.2. The van der Waals surface area contributed by atoms with Crippen molar-refractivity contribution in [3.63, 3.8) is 0 Å². The van der Waals surface area contributed by atoms with Gasteiger partial charge in [-0.1, -0.05) is 18.2 Å². The van der Waals surface area contributed by atoms with Crippen LogP contribution >= 0.6 is 23.5 Å². The van der Waals surface area contributed by atoms with Gasteiger partial charge in [0.2, 0.25) is 5.91 Å². The summed E-state index contributed by atoms with van der Waals surface area (Å²) < 4.78 is 11.2. The van der Waals surface area contributed by atoms with E-state index in [0.29, 0.717) is 36.5 Å². The van der Waals surface area contributed by atoms with E-state index >= 15 is 0 Å². The van der Waals surface area contributed by atoms with Crippen molar-refractivity contribution in [2.75, 3.05) is 31.2 Å². The fourth-order valence-electron chi connectivity index (χ4n) is 5.40. The predicted molar refractivity (Wildman–Crippen MR) is 153 cm³/mol. The molecule has 2 amide bonds. The zero-order valence-electron chi connectivity index (χ0n) is 22.9. The Bertz CT molecular complexity index is 931. The number of thioether (sulfide) groups is 2. The molecule has 0 saturated carbocycles. The number of aliphatic hydroxyl groups excluding tert-OH is 1. The first-order chi connectivity index (χ1) is 18.1. The minimum atomic E-state index is -0.869. The molecule has 212 valence electrons. The fraction of sp³-hybridized carbons (Fsp3) is 0.714. The molecule has 8 nitrogen and oxygen atoms in total. The Balaban J connectivity index is 1.45. The number of aliphatic hydroxyl groups is 1. The smallest absolute Gasteiger partial charge is 0.407 e. The molecule has 4 rings (SSSR count). The number of carbonyl (C=O) groups excluding carboxylic acids is 2. The number of amides is 2. The van der Waals surface area contributed by atoms with Gasteiger partial charge in [-0.25, -0.2) is 4.79 Å². The van der Waals surface area contributed by atoms with Crippen LogP contribution in [0.1, 0.15) is 47.0 Å². The van der Waals surface area contributed by atoms with Crippen LogP contribution in [-0.2, 0) is 14.3 Å². The highest BCUT2D eigenvalue weighted by Gasteiger charge is 2.43. The summed E-state index contributed by atoms with van der Waals surface area (Å²) in [6.07, 6.45) is 0.732. The number of likely N-dealkylation sites (tertiary alicyclic amines) is 1. The van der Waals surface area contributed by atoms with Crippen LogP contribution in [0.4, 0.5) is 4.79 Å². The third-order valence-electron chi connectivity index (χ3n) is 7.44. The number of carbonyl (C=O) groups is 2. The molecule has 3 aliphatic rings. The minimum Gasteiger partial charge on any atom is -0.443 e. The van der Waals surface area contributed by atoms with Gasteiger partial charge in [0.15, 0.2) is 0 Å². The number of fused-ring (bicyclic) bond motifs is 1. The van der Waals surface area contributed by atoms with E-state index in [4.69, 9.17) is 9.47 Å². The Labute approximate surface area is 235 Å². The maximum atomic E-state index is 13.3. The largest absolute Gasteiger partial charge is 0.443 e. The van der Waals surface area contributed by atoms with Crippen LogP contribution in [-0.4, -0.2) is 94.4 Å². The summed E-state index contributed by atoms with van der Waals surface area (Å²) in [5, 5.41) is 18.0. The Morgan fingerprint density at radius 3 is 2.71 bits per heavy atom. The molecule has 1 aromatic rings. The summed E-state index contributed by atoms with van der Waals surface area (Å²) >= 11 is 3.54. The Kier molecular flexibility index (Phi) is 10.3. The maximum Gasteiger partial charge on any atom is 0.407 e. The minimum absolute atomic E-state index is 0.00782. The molecule has 3 N–H and O–H groups in total. The van der Waals surface area contributed by atoms with Crippen LogP contribution in [0.15, 0.2) is 35.2 Å². The van der Waals surface area contributed by atoms with Gasteiger partial charge < -0.3 is 25.2 Å². The standard InChI is InChI=1S/C28H43N3O5S2/c1-18-24(10-12-35-18)36-27(34)29-21(17-38-20-8-6-5-7-9-20)23(32)16-31-15-19-11-13-37-25(19)14-22(31)26(33)30-28(2,3)4/h5-9,18-19,21-25,32H,10-17H2,1-4H3,(H,29,34)(H,30,33)/t18-,19+,21-,22?,23+,24-,25-/m0/s1. The van der Waals surface area contributed by atoms with Crippen LogP contribution < -0.4 is 10.6 Å². The lowest BCUT2D eigenvalue weighted by molar-refractivity contribution is -0.130. The monoisotopic (exact) mass is 565 g/mol. The average Bonchev–Trinajstić information content (AvgIpc) is 3.48. The van der Waals surface area contributed by atoms with Crippen molar-refractivity contribution in [3.8, 4) is 0 Å². The lowest BCUT2D eigenvalue weighted by Gasteiger charge is -2.43. The number of nitrogens with zero attached hydrogens (tertiary/aromatic N) is 1. The molecular weight excluding hydrogens is 522 g/mol. The number of rotatable bonds is 9. The van der Waals surface area contributed by atoms with Gasteiger partial charge in [-0.15, -0.1) is 11.8 Å². The number of hydrogen-bond donors (Lipinski definition) is 3. The second kappa shape index (κ2) is 13.3. The molecule has 3 saturated heterocycles. The van der Waals surface area contributed by atoms with Crippen LogP contribution in [0.5, 0.6) is 0 Å². The summed E-state index contributed by atoms with van der Waals surface area (Å²) in [6.45, 7) is 9.52. The molecule has 0 spiro atoms. The first kappa shape index (κ1) is 29.5. The number of hydrogen-bond acceptors (Lipinski definition) is 8. The Hall–Kier alpha value is -1.46. The van der Waals surface area contributed by atoms with E-state index < -0.39 is 18.2 Å². The van der Waals surface area contributed by atoms with Gasteiger partial charge in [0, 0.05) is 40.9 Å². The van der Waals surface area contributed by atoms with Crippen molar-refractivity contribution in [1.82, 2.24) is 15.5 Å². The van der Waals surface area contributed by atoms with Gasteiger partial charge >= 0.3 is 6.09 Å². The van der Waals surface area contributed by atoms with Gasteiger partial charge in [-0.3, -0.25) is 9.69 Å². The summed E-state index contributed by atoms with van der Waals surface area (Å²) in [5.41, 5.74) is -0.331. The number of piperidine rings is 1. The van der Waals surface area contributed by atoms with Crippen LogP contribution in [0, 0.1) is 5.92 Å². The lowest BCUT2D eigenvalue weighted by Crippen LogP contribution is -2.60. The Morgan fingerprint density at radius 1 is 1.26 bits per heavy atom. The van der Waals surface area contributed by atoms with E-state index in [9.17, 15) is 14.7 Å². The molecule has 38 heavy (non-hydrogen) atoms. The summed E-state index contributed by atoms with van der Waals surface area (Å²) in [7, 11) is 0. The maximum absolute atomic E-state index is 13.3. The molecule has 0 radical (unpaired) electrons. The summed E-state index contributed by atoms with van der Waals surface area (Å²) in [4.78, 5) is 29.4. The number of nitrogens with one attached hydrogen (secondary N) is 2. The average molecular weight is 566 g/mol. The number of alkyl carbamates (subject to hydrolysis) is 1. The van der Waals surface area contributed by atoms with Gasteiger partial charge in [0.05, 0.1) is 30.9 Å². The van der Waals surface area contributed by atoms with E-state index in [1.807, 2.05) is 69.8 Å². The van der Waals surface area contributed by atoms with Crippen LogP contribution in [0.25, 0.3) is 0 Å². The van der Waals surface area contributed by atoms with E-state index in [0.717, 1.165) is 30.0 Å². The molecule has 7 atom stereocenters. The third kappa shape index (κ3) is 8.27. The number of benzene rings is 1. The normalized spacial score (nSPS) is 29.3. The molecule has 3 fully saturated rings. The van der Waals surface area contributed by atoms with E-state index in [-0.39, 0.29) is 29.7 Å². The summed E-state index contributed by atoms with van der Waals surface area (Å²) in [5.74, 6) is 2.12. The molecule has 0 aliphatic carbocycles. The third-order valence-corrected chi connectivity index (χ3v) is 10.0. The number of β-amino-alcohol motifs (C(OH)–C–C–N with tert-alkyl or cyclic N) is 1. The SMILES string of the molecule is C[C@@H]1OCC[C@@H]1OC(=O)N[C@@H](CSc1ccccc1)[C@H](O)CN1C[C@H]2CCS[C@H]2CC1C(=O)NC(C)(C)C. The van der Waals surface area contributed by atoms with Crippen molar-refractivity contribution >= 4 is 35.5 Å². The predicted octanol–water partition coefficient (Wildman–Crippen LogP) is 3.52. The molecule has 3 aliphatic heterocycles. The molecule has 0 bridgehead atoms. The molecule has 10 heteroatoms. The fourth-order valence-corrected chi connectivity index (χ4v) is 7.98. The van der Waals surface area contributed by atoms with Crippen molar-refractivity contribution < 1.29 is 24.2 Å². The molecule has 3 heterocycles. The van der Waals surface area contributed by atoms with Gasteiger partial charge in [-0.2, -0.15) is 11.8 Å². The molecule has 1 aromatic carbocycles. The first-order valence-corrected chi connectivity index (χ1v) is 15.7. The number of ether oxygens (including phenoxy) is 2.